The van der Waals surface area contributed by atoms with E-state index < -0.39 is 89.5 Å². The van der Waals surface area contributed by atoms with Crippen molar-refractivity contribution in [2.45, 2.75) is 166 Å². The summed E-state index contributed by atoms with van der Waals surface area (Å²) >= 11 is 0. The van der Waals surface area contributed by atoms with Crippen molar-refractivity contribution >= 4 is 34.3 Å². The summed E-state index contributed by atoms with van der Waals surface area (Å²) in [4.78, 5) is 61.7. The number of carbonyl (C=O) groups excluding carboxylic acids is 4. The molecule has 1 aromatic carbocycles. The number of hydrogen-bond acceptors (Lipinski definition) is 12. The van der Waals surface area contributed by atoms with Crippen LogP contribution in [0.5, 0.6) is 0 Å². The van der Waals surface area contributed by atoms with Crippen molar-refractivity contribution < 1.29 is 58.2 Å². The van der Waals surface area contributed by atoms with Crippen LogP contribution in [0.4, 0.5) is 0 Å². The molecule has 360 valence electrons. The summed E-state index contributed by atoms with van der Waals surface area (Å²) < 4.78 is 30.4. The van der Waals surface area contributed by atoms with Gasteiger partial charge >= 0.3 is 5.97 Å². The molecule has 65 heavy (non-hydrogen) atoms. The van der Waals surface area contributed by atoms with E-state index in [-0.39, 0.29) is 43.4 Å². The number of hydrogen-bond donors (Lipinski definition) is 4. The van der Waals surface area contributed by atoms with Gasteiger partial charge in [-0.1, -0.05) is 51.5 Å². The van der Waals surface area contributed by atoms with Gasteiger partial charge in [-0.25, -0.2) is 4.79 Å². The van der Waals surface area contributed by atoms with Crippen molar-refractivity contribution in [3.05, 3.63) is 59.3 Å². The van der Waals surface area contributed by atoms with Crippen LogP contribution < -0.4 is 0 Å². The van der Waals surface area contributed by atoms with E-state index in [1.54, 1.807) is 21.0 Å². The van der Waals surface area contributed by atoms with Crippen LogP contribution >= 0.6 is 0 Å². The van der Waals surface area contributed by atoms with Gasteiger partial charge in [0.25, 0.3) is 11.7 Å². The van der Waals surface area contributed by atoms with Crippen molar-refractivity contribution in [1.82, 2.24) is 9.88 Å². The highest BCUT2D eigenvalue weighted by Gasteiger charge is 2.57. The predicted molar refractivity (Wildman–Crippen MR) is 244 cm³/mol. The van der Waals surface area contributed by atoms with Crippen LogP contribution in [0.3, 0.4) is 0 Å². The molecule has 2 saturated heterocycles. The number of ketones is 2. The number of esters is 1. The molecule has 6 rings (SSSR count). The second-order valence-electron chi connectivity index (χ2n) is 19.7. The zero-order valence-electron chi connectivity index (χ0n) is 39.9. The van der Waals surface area contributed by atoms with Gasteiger partial charge in [-0.3, -0.25) is 14.4 Å². The number of allylic oxidation sites excluding steroid dienone is 3. The Hall–Kier alpha value is -3.76. The van der Waals surface area contributed by atoms with E-state index in [4.69, 9.17) is 23.7 Å². The van der Waals surface area contributed by atoms with Gasteiger partial charge in [-0.05, 0) is 125 Å². The van der Waals surface area contributed by atoms with Gasteiger partial charge in [-0.2, -0.15) is 0 Å². The highest BCUT2D eigenvalue weighted by Crippen LogP contribution is 2.44. The van der Waals surface area contributed by atoms with Crippen LogP contribution in [-0.2, 0) is 48.5 Å². The van der Waals surface area contributed by atoms with E-state index in [1.807, 2.05) is 63.4 Å². The van der Waals surface area contributed by atoms with Gasteiger partial charge < -0.3 is 48.9 Å². The van der Waals surface area contributed by atoms with Crippen LogP contribution in [0.1, 0.15) is 118 Å². The van der Waals surface area contributed by atoms with Crippen LogP contribution in [0, 0.1) is 29.6 Å². The Morgan fingerprint density at radius 3 is 2.37 bits per heavy atom. The smallest absolute Gasteiger partial charge is 0.329 e. The van der Waals surface area contributed by atoms with Crippen molar-refractivity contribution in [2.24, 2.45) is 29.6 Å². The summed E-state index contributed by atoms with van der Waals surface area (Å²) in [6.45, 7) is 11.3. The number of H-pyrrole nitrogens is 1. The number of aromatic nitrogens is 1. The zero-order valence-corrected chi connectivity index (χ0v) is 39.9. The molecule has 0 radical (unpaired) electrons. The number of piperidine rings is 1. The molecule has 1 aliphatic carbocycles. The van der Waals surface area contributed by atoms with Crippen LogP contribution in [0.25, 0.3) is 10.9 Å². The number of methoxy groups -OCH3 is 3. The molecule has 0 spiro atoms. The largest absolute Gasteiger partial charge is 0.456 e. The lowest BCUT2D eigenvalue weighted by molar-refractivity contribution is -0.302. The van der Waals surface area contributed by atoms with Crippen LogP contribution in [0.2, 0.25) is 0 Å². The van der Waals surface area contributed by atoms with Crippen LogP contribution in [0.15, 0.2) is 53.8 Å². The fourth-order valence-corrected chi connectivity index (χ4v) is 11.1. The molecule has 2 bridgehead atoms. The number of nitrogens with zero attached hydrogens (tertiary/aromatic N) is 1. The zero-order chi connectivity index (χ0) is 47.4. The third kappa shape index (κ3) is 10.8. The van der Waals surface area contributed by atoms with Gasteiger partial charge in [0.1, 0.15) is 29.6 Å². The Bertz CT molecular complexity index is 2060. The number of carbonyl (C=O) groups is 4. The number of aliphatic hydroxyl groups is 3. The van der Waals surface area contributed by atoms with Gasteiger partial charge in [0, 0.05) is 63.8 Å². The topological polar surface area (TPSA) is 194 Å². The van der Waals surface area contributed by atoms with E-state index >= 15 is 0 Å². The fraction of sp³-hybridized carbons (Fsp3) is 0.686. The van der Waals surface area contributed by atoms with Gasteiger partial charge in [0.2, 0.25) is 5.79 Å². The Balaban J connectivity index is 1.34. The van der Waals surface area contributed by atoms with E-state index in [0.29, 0.717) is 56.9 Å². The molecular formula is C51H74N2O12. The highest BCUT2D eigenvalue weighted by atomic mass is 16.7. The van der Waals surface area contributed by atoms with Gasteiger partial charge in [0.15, 0.2) is 0 Å². The molecule has 14 atom stereocenters. The van der Waals surface area contributed by atoms with Crippen molar-refractivity contribution in [2.75, 3.05) is 27.9 Å². The second-order valence-corrected chi connectivity index (χ2v) is 19.7. The third-order valence-electron chi connectivity index (χ3n) is 15.1. The highest BCUT2D eigenvalue weighted by molar-refractivity contribution is 6.39. The normalized spacial score (nSPS) is 37.9. The predicted octanol–water partition coefficient (Wildman–Crippen LogP) is 6.48. The summed E-state index contributed by atoms with van der Waals surface area (Å²) in [5, 5.41) is 37.1. The number of benzene rings is 1. The lowest BCUT2D eigenvalue weighted by Crippen LogP contribution is -2.64. The van der Waals surface area contributed by atoms with Crippen molar-refractivity contribution in [3.63, 3.8) is 0 Å². The molecule has 3 fully saturated rings. The maximum absolute atomic E-state index is 14.5. The SMILES string of the molecule is CCC1C=C(C)CC(C)CC(OC)C2OC(O)(C(=O)C(=O)N3CCCCC3C(=O)OC(C(C)=CC3CCC(O)(c4ccc5[nH]ccc5c4)C(OC)C3)C(C)C(O)CC1=O)C(C)CC2OC. The van der Waals surface area contributed by atoms with Crippen molar-refractivity contribution in [1.29, 1.82) is 0 Å². The monoisotopic (exact) mass is 907 g/mol. The number of amides is 1. The molecule has 14 unspecified atom stereocenters. The number of Topliss-reactive ketones (excluding diaryl/α,β-unsaturated/α-hetero) is 2. The molecule has 2 aromatic rings. The van der Waals surface area contributed by atoms with Gasteiger partial charge in [-0.15, -0.1) is 0 Å². The fourth-order valence-electron chi connectivity index (χ4n) is 11.1. The first-order valence-electron chi connectivity index (χ1n) is 23.8. The maximum atomic E-state index is 14.5. The van der Waals surface area contributed by atoms with Gasteiger partial charge in [0.05, 0.1) is 24.4 Å². The molecular weight excluding hydrogens is 833 g/mol. The number of rotatable bonds is 7. The number of aromatic amines is 1. The first-order valence-corrected chi connectivity index (χ1v) is 23.8. The summed E-state index contributed by atoms with van der Waals surface area (Å²) in [6.07, 6.45) is 5.40. The summed E-state index contributed by atoms with van der Waals surface area (Å²) in [6, 6.07) is 6.66. The standard InChI is InChI=1S/C51H74N2O12/c1-10-35-22-29(2)21-30(3)23-42(61-7)46-43(62-8)25-32(5)51(60,65-46)47(56)48(57)53-20-12-11-13-39(53)49(58)64-45(33(6)40(54)28-41(35)55)31(4)24-34-16-18-50(59,44(26-34)63-9)37-14-15-38-36(27-37)17-19-52-38/h14-15,17,19,22,24,27,30,32-35,39-40,42-46,52,54,59-60H,10-13,16,18,20-21,23,25-26,28H2,1-9H3. The third-order valence-corrected chi connectivity index (χ3v) is 15.1. The van der Waals surface area contributed by atoms with Crippen LogP contribution in [-0.4, -0.2) is 125 Å². The molecule has 4 aliphatic rings. The molecule has 14 nitrogen and oxygen atoms in total. The number of cyclic esters (lactones) is 1. The summed E-state index contributed by atoms with van der Waals surface area (Å²) in [5.74, 6) is -7.76. The Morgan fingerprint density at radius 1 is 0.954 bits per heavy atom. The number of fused-ring (bicyclic) bond motifs is 4. The van der Waals surface area contributed by atoms with Crippen molar-refractivity contribution in [3.8, 4) is 0 Å². The molecule has 3 aliphatic heterocycles. The lowest BCUT2D eigenvalue weighted by Gasteiger charge is -2.47. The first-order chi connectivity index (χ1) is 30.9. The van der Waals surface area contributed by atoms with E-state index in [2.05, 4.69) is 11.9 Å². The minimum Gasteiger partial charge on any atom is -0.456 e. The maximum Gasteiger partial charge on any atom is 0.329 e. The minimum atomic E-state index is -2.52. The molecule has 1 aromatic heterocycles. The average molecular weight is 907 g/mol. The number of nitrogens with one attached hydrogen (secondary N) is 1. The minimum absolute atomic E-state index is 0.0216. The molecule has 14 heteroatoms. The Kier molecular flexibility index (Phi) is 16.7. The first kappa shape index (κ1) is 50.6. The second kappa shape index (κ2) is 21.5. The molecule has 1 amide bonds. The van der Waals surface area contributed by atoms with E-state index in [0.717, 1.165) is 22.0 Å². The molecule has 4 N–H and O–H groups in total. The Morgan fingerprint density at radius 2 is 1.68 bits per heavy atom. The number of aliphatic hydroxyl groups excluding tert-OH is 1. The lowest BCUT2D eigenvalue weighted by atomic mass is 9.72. The molecule has 4 heterocycles. The average Bonchev–Trinajstić information content (AvgIpc) is 3.77. The van der Waals surface area contributed by atoms with E-state index in [1.165, 1.54) is 19.1 Å². The summed E-state index contributed by atoms with van der Waals surface area (Å²) in [5.41, 5.74) is 2.12. The Labute approximate surface area is 384 Å². The number of ether oxygens (including phenoxy) is 5. The van der Waals surface area contributed by atoms with E-state index in [9.17, 15) is 34.5 Å². The molecule has 1 saturated carbocycles. The summed E-state index contributed by atoms with van der Waals surface area (Å²) in [7, 11) is 4.65. The quantitative estimate of drug-likeness (QED) is 0.134.